The number of hydrogen-bond donors (Lipinski definition) is 6. The number of carboxylic acids is 1. The Labute approximate surface area is 299 Å². The number of aliphatic carboxylic acids is 1. The van der Waals surface area contributed by atoms with Gasteiger partial charge < -0.3 is 35.6 Å². The molecule has 7 aliphatic rings. The molecule has 0 bridgehead atoms. The molecule has 0 aromatic carbocycles. The summed E-state index contributed by atoms with van der Waals surface area (Å²) in [5.41, 5.74) is 6.21. The van der Waals surface area contributed by atoms with Gasteiger partial charge in [-0.3, -0.25) is 9.59 Å². The van der Waals surface area contributed by atoms with Crippen molar-refractivity contribution in [3.05, 3.63) is 12.2 Å². The number of carbonyl (C=O) groups excluding carboxylic acids is 3. The Morgan fingerprint density at radius 3 is 2.52 bits per heavy atom. The minimum atomic E-state index is -1.36. The Bertz CT molecular complexity index is 1290. The Morgan fingerprint density at radius 1 is 1.02 bits per heavy atom. The maximum absolute atomic E-state index is 14.6. The lowest BCUT2D eigenvalue weighted by molar-refractivity contribution is -0.145. The minimum absolute atomic E-state index is 0.121. The summed E-state index contributed by atoms with van der Waals surface area (Å²) in [5.74, 6) is -0.558. The molecular formula is C35H56N8O6S. The van der Waals surface area contributed by atoms with Gasteiger partial charge in [0.05, 0.1) is 23.6 Å². The zero-order chi connectivity index (χ0) is 34.8. The van der Waals surface area contributed by atoms with Gasteiger partial charge in [0, 0.05) is 51.0 Å². The van der Waals surface area contributed by atoms with Crippen LogP contribution < -0.4 is 26.8 Å². The molecule has 7 rings (SSSR count). The Morgan fingerprint density at radius 2 is 1.80 bits per heavy atom. The molecule has 2 aliphatic carbocycles. The first-order valence-electron chi connectivity index (χ1n) is 19.0. The largest absolute Gasteiger partial charge is 0.479 e. The molecule has 5 heterocycles. The average molecular weight is 717 g/mol. The molecule has 6 fully saturated rings. The number of nitrogens with one attached hydrogen (secondary N) is 5. The number of carboxylic acid groups (broad SMARTS) is 1. The first-order valence-corrected chi connectivity index (χ1v) is 20.1. The van der Waals surface area contributed by atoms with Crippen LogP contribution in [0.4, 0.5) is 4.79 Å². The highest BCUT2D eigenvalue weighted by atomic mass is 32.2. The molecule has 4 unspecified atom stereocenters. The van der Waals surface area contributed by atoms with Gasteiger partial charge in [-0.25, -0.2) is 20.4 Å². The molecule has 0 spiro atoms. The smallest absolute Gasteiger partial charge is 0.330 e. The third kappa shape index (κ3) is 7.54. The van der Waals surface area contributed by atoms with E-state index in [1.54, 1.807) is 16.9 Å². The number of carbonyl (C=O) groups is 4. The first kappa shape index (κ1) is 36.0. The van der Waals surface area contributed by atoms with Crippen LogP contribution in [-0.2, 0) is 19.1 Å². The van der Waals surface area contributed by atoms with Crippen molar-refractivity contribution in [3.8, 4) is 0 Å². The van der Waals surface area contributed by atoms with Crippen molar-refractivity contribution in [2.45, 2.75) is 131 Å². The summed E-state index contributed by atoms with van der Waals surface area (Å²) in [7, 11) is 1.79. The van der Waals surface area contributed by atoms with Gasteiger partial charge in [0.25, 0.3) is 0 Å². The number of urea groups is 1. The minimum Gasteiger partial charge on any atom is -0.479 e. The number of fused-ring (bicyclic) bond motifs is 2. The highest BCUT2D eigenvalue weighted by Gasteiger charge is 2.61. The third-order valence-electron chi connectivity index (χ3n) is 12.3. The van der Waals surface area contributed by atoms with E-state index in [9.17, 15) is 24.3 Å². The monoisotopic (exact) mass is 716 g/mol. The van der Waals surface area contributed by atoms with Crippen LogP contribution in [0, 0.1) is 11.8 Å². The van der Waals surface area contributed by atoms with Gasteiger partial charge in [-0.2, -0.15) is 5.12 Å². The van der Waals surface area contributed by atoms with Crippen molar-refractivity contribution in [2.75, 3.05) is 39.0 Å². The van der Waals surface area contributed by atoms with E-state index in [4.69, 9.17) is 4.74 Å². The summed E-state index contributed by atoms with van der Waals surface area (Å²) < 4.78 is 5.67. The summed E-state index contributed by atoms with van der Waals surface area (Å²) in [4.78, 5) is 58.0. The maximum atomic E-state index is 14.6. The van der Waals surface area contributed by atoms with Crippen LogP contribution in [0.3, 0.4) is 0 Å². The van der Waals surface area contributed by atoms with Crippen LogP contribution in [0.15, 0.2) is 12.2 Å². The van der Waals surface area contributed by atoms with Gasteiger partial charge in [-0.05, 0) is 76.5 Å². The molecule has 2 saturated carbocycles. The number of methoxy groups -OCH3 is 1. The van der Waals surface area contributed by atoms with Crippen molar-refractivity contribution >= 4 is 35.6 Å². The topological polar surface area (TPSA) is 168 Å². The van der Waals surface area contributed by atoms with Crippen molar-refractivity contribution in [1.82, 2.24) is 41.7 Å². The lowest BCUT2D eigenvalue weighted by atomic mass is 9.80. The summed E-state index contributed by atoms with van der Waals surface area (Å²) in [6, 6.07) is -1.83. The zero-order valence-corrected chi connectivity index (χ0v) is 30.1. The fourth-order valence-corrected chi connectivity index (χ4v) is 10.3. The van der Waals surface area contributed by atoms with E-state index >= 15 is 0 Å². The van der Waals surface area contributed by atoms with E-state index in [-0.39, 0.29) is 47.9 Å². The fraction of sp³-hybridized carbons (Fsp3) is 0.829. The van der Waals surface area contributed by atoms with Gasteiger partial charge in [0.1, 0.15) is 17.6 Å². The third-order valence-corrected chi connectivity index (χ3v) is 13.5. The van der Waals surface area contributed by atoms with Crippen molar-refractivity contribution in [2.24, 2.45) is 11.8 Å². The predicted octanol–water partition coefficient (Wildman–Crippen LogP) is 1.54. The molecule has 278 valence electrons. The Balaban J connectivity index is 1.14. The van der Waals surface area contributed by atoms with Crippen LogP contribution in [0.1, 0.15) is 83.5 Å². The predicted molar refractivity (Wildman–Crippen MR) is 189 cm³/mol. The van der Waals surface area contributed by atoms with E-state index in [0.29, 0.717) is 44.4 Å². The SMILES string of the molecule is COC1CCC(C2NN(C3C[C@H]4C(=O)N[C@]5(C(=O)O)C[C@H]5/C=C\CCCCC[C@H](NC(=O)N5CCCC5)C(=O)N4C3)NC2C2NCCS2)CC1. The van der Waals surface area contributed by atoms with Gasteiger partial charge in [-0.15, -0.1) is 11.8 Å². The number of thioether (sulfide) groups is 1. The second-order valence-electron chi connectivity index (χ2n) is 15.4. The molecule has 50 heavy (non-hydrogen) atoms. The van der Waals surface area contributed by atoms with E-state index in [0.717, 1.165) is 76.5 Å². The molecule has 6 N–H and O–H groups in total. The quantitative estimate of drug-likeness (QED) is 0.221. The normalized spacial score (nSPS) is 40.8. The van der Waals surface area contributed by atoms with E-state index in [1.165, 1.54) is 0 Å². The standard InChI is InChI=1S/C35H56N8O6S/c1-49-25-13-11-22(12-14-25)28-29(31-36-15-18-50-31)40-43(39-28)24-19-27-30(44)38-35(33(46)47)20-23(35)9-5-3-2-4-6-10-26(32(45)42(27)21-24)37-34(48)41-16-7-8-17-41/h5,9,22-29,31,36,39-40H,2-4,6-8,10-21H2,1H3,(H,37,48)(H,38,44)(H,46,47)/b9-5-/t22?,23-,24?,25?,26+,27+,28?,29?,31?,35-/m1/s1. The second-order valence-corrected chi connectivity index (χ2v) is 16.7. The molecule has 15 heteroatoms. The number of likely N-dealkylation sites (tertiary alicyclic amines) is 1. The number of nitrogens with zero attached hydrogens (tertiary/aromatic N) is 3. The molecule has 0 radical (unpaired) electrons. The lowest BCUT2D eigenvalue weighted by Gasteiger charge is -2.35. The summed E-state index contributed by atoms with van der Waals surface area (Å²) in [6.45, 7) is 2.57. The highest BCUT2D eigenvalue weighted by molar-refractivity contribution is 8.00. The molecule has 5 aliphatic heterocycles. The van der Waals surface area contributed by atoms with Crippen LogP contribution >= 0.6 is 11.8 Å². The van der Waals surface area contributed by atoms with Gasteiger partial charge >= 0.3 is 12.0 Å². The second kappa shape index (κ2) is 15.7. The van der Waals surface area contributed by atoms with Gasteiger partial charge in [-0.1, -0.05) is 25.0 Å². The number of amides is 4. The number of allylic oxidation sites excluding steroid dienone is 1. The number of hydrazine groups is 2. The van der Waals surface area contributed by atoms with E-state index < -0.39 is 29.5 Å². The Hall–Kier alpha value is -2.43. The van der Waals surface area contributed by atoms with Crippen LogP contribution in [0.2, 0.25) is 0 Å². The fourth-order valence-electron chi connectivity index (χ4n) is 9.17. The molecule has 0 aromatic heterocycles. The maximum Gasteiger partial charge on any atom is 0.330 e. The van der Waals surface area contributed by atoms with Crippen LogP contribution in [0.5, 0.6) is 0 Å². The molecule has 0 aromatic rings. The van der Waals surface area contributed by atoms with E-state index in [2.05, 4.69) is 26.8 Å². The van der Waals surface area contributed by atoms with Crippen LogP contribution in [-0.4, -0.2) is 130 Å². The van der Waals surface area contributed by atoms with Crippen molar-refractivity contribution < 1.29 is 29.0 Å². The zero-order valence-electron chi connectivity index (χ0n) is 29.3. The van der Waals surface area contributed by atoms with Crippen LogP contribution in [0.25, 0.3) is 0 Å². The van der Waals surface area contributed by atoms with Gasteiger partial charge in [0.15, 0.2) is 0 Å². The molecule has 8 atom stereocenters. The molecule has 4 amide bonds. The molecular weight excluding hydrogens is 661 g/mol. The first-order chi connectivity index (χ1) is 24.3. The summed E-state index contributed by atoms with van der Waals surface area (Å²) in [6.07, 6.45) is 14.8. The average Bonchev–Trinajstić information content (AvgIpc) is 3.77. The number of hydrogen-bond acceptors (Lipinski definition) is 10. The van der Waals surface area contributed by atoms with Gasteiger partial charge in [0.2, 0.25) is 11.8 Å². The lowest BCUT2D eigenvalue weighted by Crippen LogP contribution is -2.57. The number of rotatable bonds is 6. The molecule has 4 saturated heterocycles. The summed E-state index contributed by atoms with van der Waals surface area (Å²) in [5, 5.41) is 22.1. The Kier molecular flexibility index (Phi) is 11.3. The molecule has 14 nitrogen and oxygen atoms in total. The highest BCUT2D eigenvalue weighted by Crippen LogP contribution is 2.45. The summed E-state index contributed by atoms with van der Waals surface area (Å²) >= 11 is 1.92. The van der Waals surface area contributed by atoms with Crippen molar-refractivity contribution in [3.63, 3.8) is 0 Å². The van der Waals surface area contributed by atoms with E-state index in [1.807, 2.05) is 29.0 Å². The van der Waals surface area contributed by atoms with Crippen molar-refractivity contribution in [1.29, 1.82) is 0 Å². The number of ether oxygens (including phenoxy) is 1.